The van der Waals surface area contributed by atoms with Gasteiger partial charge in [0.05, 0.1) is 6.42 Å². The van der Waals surface area contributed by atoms with Gasteiger partial charge in [-0.15, -0.1) is 0 Å². The third-order valence-electron chi connectivity index (χ3n) is 1.39. The van der Waals surface area contributed by atoms with Crippen molar-refractivity contribution in [2.45, 2.75) is 39.2 Å². The maximum absolute atomic E-state index is 10.9. The summed E-state index contributed by atoms with van der Waals surface area (Å²) in [7, 11) is 0. The summed E-state index contributed by atoms with van der Waals surface area (Å²) >= 11 is 0. The number of carbonyl (C=O) groups is 2. The Bertz CT molecular complexity index is 187. The SMILES string of the molecule is CCC(=O)NC(C)(C)CC(=O)O. The van der Waals surface area contributed by atoms with Gasteiger partial charge in [0, 0.05) is 12.0 Å². The van der Waals surface area contributed by atoms with Crippen LogP contribution >= 0.6 is 0 Å². The lowest BCUT2D eigenvalue weighted by molar-refractivity contribution is -0.138. The number of nitrogens with one attached hydrogen (secondary N) is 1. The van der Waals surface area contributed by atoms with Gasteiger partial charge < -0.3 is 10.4 Å². The molecule has 0 heterocycles. The van der Waals surface area contributed by atoms with E-state index >= 15 is 0 Å². The molecular weight excluding hydrogens is 158 g/mol. The molecule has 12 heavy (non-hydrogen) atoms. The quantitative estimate of drug-likeness (QED) is 0.659. The molecule has 0 aliphatic rings. The Kier molecular flexibility index (Phi) is 3.73. The molecule has 0 aromatic rings. The predicted octanol–water partition coefficient (Wildman–Crippen LogP) is 0.766. The van der Waals surface area contributed by atoms with Crippen LogP contribution in [0.1, 0.15) is 33.6 Å². The van der Waals surface area contributed by atoms with Crippen molar-refractivity contribution in [1.29, 1.82) is 0 Å². The summed E-state index contributed by atoms with van der Waals surface area (Å²) in [4.78, 5) is 21.2. The topological polar surface area (TPSA) is 66.4 Å². The van der Waals surface area contributed by atoms with Gasteiger partial charge in [-0.25, -0.2) is 0 Å². The van der Waals surface area contributed by atoms with Crippen LogP contribution in [0.2, 0.25) is 0 Å². The molecule has 0 aliphatic carbocycles. The maximum Gasteiger partial charge on any atom is 0.305 e. The van der Waals surface area contributed by atoms with Crippen molar-refractivity contribution in [1.82, 2.24) is 5.32 Å². The monoisotopic (exact) mass is 173 g/mol. The van der Waals surface area contributed by atoms with Crippen molar-refractivity contribution < 1.29 is 14.7 Å². The first-order valence-corrected chi connectivity index (χ1v) is 3.90. The lowest BCUT2D eigenvalue weighted by Crippen LogP contribution is -2.44. The van der Waals surface area contributed by atoms with Gasteiger partial charge in [-0.05, 0) is 13.8 Å². The average molecular weight is 173 g/mol. The van der Waals surface area contributed by atoms with Gasteiger partial charge in [0.25, 0.3) is 0 Å². The number of carboxylic acid groups (broad SMARTS) is 1. The second kappa shape index (κ2) is 4.09. The first-order valence-electron chi connectivity index (χ1n) is 3.90. The van der Waals surface area contributed by atoms with Gasteiger partial charge >= 0.3 is 5.97 Å². The molecular formula is C8H15NO3. The zero-order valence-electron chi connectivity index (χ0n) is 7.68. The minimum Gasteiger partial charge on any atom is -0.481 e. The van der Waals surface area contributed by atoms with E-state index in [2.05, 4.69) is 5.32 Å². The van der Waals surface area contributed by atoms with Crippen molar-refractivity contribution in [2.75, 3.05) is 0 Å². The average Bonchev–Trinajstić information content (AvgIpc) is 1.83. The Morgan fingerprint density at radius 2 is 1.92 bits per heavy atom. The summed E-state index contributed by atoms with van der Waals surface area (Å²) < 4.78 is 0. The number of amides is 1. The molecule has 4 heteroatoms. The second-order valence-electron chi connectivity index (χ2n) is 3.36. The Hall–Kier alpha value is -1.06. The minimum absolute atomic E-state index is 0.0568. The van der Waals surface area contributed by atoms with E-state index in [1.165, 1.54) is 0 Å². The first-order chi connectivity index (χ1) is 5.37. The lowest BCUT2D eigenvalue weighted by atomic mass is 10.0. The fourth-order valence-electron chi connectivity index (χ4n) is 0.888. The number of rotatable bonds is 4. The molecule has 1 amide bonds. The molecule has 0 unspecified atom stereocenters. The van der Waals surface area contributed by atoms with Crippen molar-refractivity contribution in [2.24, 2.45) is 0 Å². The van der Waals surface area contributed by atoms with E-state index in [9.17, 15) is 9.59 Å². The summed E-state index contributed by atoms with van der Waals surface area (Å²) in [5.74, 6) is -1.03. The summed E-state index contributed by atoms with van der Waals surface area (Å²) in [6.07, 6.45) is 0.321. The number of hydrogen-bond donors (Lipinski definition) is 2. The van der Waals surface area contributed by atoms with E-state index in [0.717, 1.165) is 0 Å². The van der Waals surface area contributed by atoms with Crippen LogP contribution in [0.15, 0.2) is 0 Å². The van der Waals surface area contributed by atoms with Gasteiger partial charge in [0.15, 0.2) is 0 Å². The highest BCUT2D eigenvalue weighted by Gasteiger charge is 2.22. The van der Waals surface area contributed by atoms with Crippen LogP contribution in [0, 0.1) is 0 Å². The smallest absolute Gasteiger partial charge is 0.305 e. The molecule has 4 nitrogen and oxygen atoms in total. The molecule has 0 atom stereocenters. The van der Waals surface area contributed by atoms with Crippen molar-refractivity contribution in [3.8, 4) is 0 Å². The van der Waals surface area contributed by atoms with Crippen LogP contribution < -0.4 is 5.32 Å². The largest absolute Gasteiger partial charge is 0.481 e. The van der Waals surface area contributed by atoms with Crippen molar-refractivity contribution in [3.63, 3.8) is 0 Å². The molecule has 0 saturated carbocycles. The molecule has 2 N–H and O–H groups in total. The third-order valence-corrected chi connectivity index (χ3v) is 1.39. The maximum atomic E-state index is 10.9. The van der Waals surface area contributed by atoms with E-state index in [1.807, 2.05) is 0 Å². The van der Waals surface area contributed by atoms with Gasteiger partial charge in [-0.3, -0.25) is 9.59 Å². The zero-order chi connectivity index (χ0) is 9.78. The highest BCUT2D eigenvalue weighted by molar-refractivity contribution is 5.77. The summed E-state index contributed by atoms with van der Waals surface area (Å²) in [5.41, 5.74) is -0.654. The summed E-state index contributed by atoms with van der Waals surface area (Å²) in [6.45, 7) is 5.11. The Labute approximate surface area is 72.0 Å². The van der Waals surface area contributed by atoms with Crippen molar-refractivity contribution >= 4 is 11.9 Å². The molecule has 0 saturated heterocycles. The van der Waals surface area contributed by atoms with E-state index in [4.69, 9.17) is 5.11 Å². The summed E-state index contributed by atoms with van der Waals surface area (Å²) in [6, 6.07) is 0. The van der Waals surface area contributed by atoms with Crippen LogP contribution in [0.3, 0.4) is 0 Å². The zero-order valence-corrected chi connectivity index (χ0v) is 7.68. The number of carboxylic acids is 1. The number of aliphatic carboxylic acids is 1. The number of carbonyl (C=O) groups excluding carboxylic acids is 1. The fourth-order valence-corrected chi connectivity index (χ4v) is 0.888. The van der Waals surface area contributed by atoms with E-state index < -0.39 is 11.5 Å². The van der Waals surface area contributed by atoms with Crippen LogP contribution in [0.25, 0.3) is 0 Å². The van der Waals surface area contributed by atoms with Gasteiger partial charge in [0.2, 0.25) is 5.91 Å². The molecule has 0 bridgehead atoms. The van der Waals surface area contributed by atoms with Crippen LogP contribution in [-0.2, 0) is 9.59 Å². The number of hydrogen-bond acceptors (Lipinski definition) is 2. The minimum atomic E-state index is -0.906. The third kappa shape index (κ3) is 4.71. The highest BCUT2D eigenvalue weighted by Crippen LogP contribution is 2.07. The van der Waals surface area contributed by atoms with Crippen LogP contribution in [0.4, 0.5) is 0 Å². The van der Waals surface area contributed by atoms with Gasteiger partial charge in [-0.1, -0.05) is 6.92 Å². The van der Waals surface area contributed by atoms with E-state index in [0.29, 0.717) is 6.42 Å². The predicted molar refractivity (Wildman–Crippen MR) is 44.8 cm³/mol. The molecule has 0 radical (unpaired) electrons. The molecule has 0 fully saturated rings. The molecule has 0 aromatic heterocycles. The fraction of sp³-hybridized carbons (Fsp3) is 0.750. The summed E-state index contributed by atoms with van der Waals surface area (Å²) in [5, 5.41) is 11.1. The van der Waals surface area contributed by atoms with Gasteiger partial charge in [0.1, 0.15) is 0 Å². The Morgan fingerprint density at radius 3 is 2.25 bits per heavy atom. The second-order valence-corrected chi connectivity index (χ2v) is 3.36. The highest BCUT2D eigenvalue weighted by atomic mass is 16.4. The van der Waals surface area contributed by atoms with Gasteiger partial charge in [-0.2, -0.15) is 0 Å². The first kappa shape index (κ1) is 10.9. The molecule has 0 rings (SSSR count). The standard InChI is InChI=1S/C8H15NO3/c1-4-6(10)9-8(2,3)5-7(11)12/h4-5H2,1-3H3,(H,9,10)(H,11,12). The Morgan fingerprint density at radius 1 is 1.42 bits per heavy atom. The van der Waals surface area contributed by atoms with E-state index in [1.54, 1.807) is 20.8 Å². The molecule has 0 aliphatic heterocycles. The molecule has 70 valence electrons. The van der Waals surface area contributed by atoms with Crippen LogP contribution in [-0.4, -0.2) is 22.5 Å². The van der Waals surface area contributed by atoms with E-state index in [-0.39, 0.29) is 12.3 Å². The normalized spacial score (nSPS) is 10.9. The Balaban J connectivity index is 4.03. The molecule has 0 spiro atoms. The lowest BCUT2D eigenvalue weighted by Gasteiger charge is -2.23. The molecule has 0 aromatic carbocycles. The van der Waals surface area contributed by atoms with Crippen molar-refractivity contribution in [3.05, 3.63) is 0 Å². The van der Waals surface area contributed by atoms with Crippen LogP contribution in [0.5, 0.6) is 0 Å².